The second-order valence-electron chi connectivity index (χ2n) is 7.96. The van der Waals surface area contributed by atoms with Crippen molar-refractivity contribution in [1.82, 2.24) is 14.9 Å². The highest BCUT2D eigenvalue weighted by Gasteiger charge is 2.48. The van der Waals surface area contributed by atoms with Crippen molar-refractivity contribution >= 4 is 21.7 Å². The van der Waals surface area contributed by atoms with Crippen LogP contribution in [0.2, 0.25) is 0 Å². The number of amides is 1. The molecule has 1 amide bonds. The molecule has 2 aliphatic heterocycles. The van der Waals surface area contributed by atoms with Crippen molar-refractivity contribution in [1.29, 1.82) is 0 Å². The smallest absolute Gasteiger partial charge is 0.253 e. The van der Waals surface area contributed by atoms with Gasteiger partial charge in [-0.05, 0) is 30.9 Å². The summed E-state index contributed by atoms with van der Waals surface area (Å²) in [5, 5.41) is 2.67. The molecule has 7 nitrogen and oxygen atoms in total. The summed E-state index contributed by atoms with van der Waals surface area (Å²) in [6, 6.07) is 9.00. The van der Waals surface area contributed by atoms with E-state index in [1.165, 1.54) is 12.8 Å². The zero-order valence-corrected chi connectivity index (χ0v) is 16.2. The quantitative estimate of drug-likeness (QED) is 0.845. The van der Waals surface area contributed by atoms with Crippen molar-refractivity contribution in [2.24, 2.45) is 5.92 Å². The van der Waals surface area contributed by atoms with Crippen molar-refractivity contribution in [3.8, 4) is 0 Å². The molecule has 28 heavy (non-hydrogen) atoms. The average molecular weight is 398 g/mol. The molecule has 1 saturated heterocycles. The normalized spacial score (nSPS) is 25.1. The van der Waals surface area contributed by atoms with E-state index in [0.717, 1.165) is 12.2 Å². The maximum absolute atomic E-state index is 12.9. The van der Waals surface area contributed by atoms with Gasteiger partial charge in [0.1, 0.15) is 0 Å². The minimum Gasteiger partial charge on any atom is -0.354 e. The van der Waals surface area contributed by atoms with E-state index in [9.17, 15) is 13.2 Å². The summed E-state index contributed by atoms with van der Waals surface area (Å²) in [7, 11) is -3.35. The third kappa shape index (κ3) is 3.15. The number of benzene rings is 1. The fourth-order valence-electron chi connectivity index (χ4n) is 4.15. The first kappa shape index (κ1) is 17.6. The zero-order chi connectivity index (χ0) is 19.3. The van der Waals surface area contributed by atoms with E-state index in [0.29, 0.717) is 29.5 Å². The van der Waals surface area contributed by atoms with Gasteiger partial charge in [0.15, 0.2) is 9.84 Å². The number of hydrogen-bond donors (Lipinski definition) is 1. The Labute approximate surface area is 164 Å². The first-order valence-electron chi connectivity index (χ1n) is 9.67. The second kappa shape index (κ2) is 6.55. The van der Waals surface area contributed by atoms with E-state index in [4.69, 9.17) is 0 Å². The summed E-state index contributed by atoms with van der Waals surface area (Å²) in [6.07, 6.45) is 4.10. The number of hydrogen-bond acceptors (Lipinski definition) is 6. The molecule has 2 aromatic rings. The fraction of sp³-hybridized carbons (Fsp3) is 0.450. The van der Waals surface area contributed by atoms with E-state index < -0.39 is 15.1 Å². The van der Waals surface area contributed by atoms with E-state index >= 15 is 0 Å². The number of nitrogens with one attached hydrogen (secondary N) is 1. The van der Waals surface area contributed by atoms with E-state index in [2.05, 4.69) is 15.3 Å². The Morgan fingerprint density at radius 1 is 1.18 bits per heavy atom. The van der Waals surface area contributed by atoms with Crippen LogP contribution in [0.15, 0.2) is 36.5 Å². The number of carbonyl (C=O) groups is 1. The number of likely N-dealkylation sites (tertiary alicyclic amines) is 1. The van der Waals surface area contributed by atoms with E-state index in [-0.39, 0.29) is 24.1 Å². The minimum atomic E-state index is -3.35. The molecule has 0 spiro atoms. The van der Waals surface area contributed by atoms with Gasteiger partial charge in [-0.1, -0.05) is 18.2 Å². The molecule has 2 fully saturated rings. The molecule has 1 aromatic carbocycles. The first-order valence-corrected chi connectivity index (χ1v) is 11.4. The van der Waals surface area contributed by atoms with Crippen molar-refractivity contribution in [2.75, 3.05) is 25.0 Å². The summed E-state index contributed by atoms with van der Waals surface area (Å²) in [5.41, 5.74) is 2.01. The highest BCUT2D eigenvalue weighted by molar-refractivity contribution is 7.91. The summed E-state index contributed by atoms with van der Waals surface area (Å²) in [6.45, 7) is 1.43. The van der Waals surface area contributed by atoms with Crippen LogP contribution in [0.1, 0.15) is 40.4 Å². The Morgan fingerprint density at radius 3 is 2.71 bits per heavy atom. The van der Waals surface area contributed by atoms with Gasteiger partial charge in [0, 0.05) is 42.9 Å². The Morgan fingerprint density at radius 2 is 1.96 bits per heavy atom. The molecule has 1 aromatic heterocycles. The maximum Gasteiger partial charge on any atom is 0.253 e. The van der Waals surface area contributed by atoms with Gasteiger partial charge < -0.3 is 10.2 Å². The molecular formula is C20H22N4O3S. The monoisotopic (exact) mass is 398 g/mol. The van der Waals surface area contributed by atoms with Crippen LogP contribution < -0.4 is 5.32 Å². The van der Waals surface area contributed by atoms with Crippen molar-refractivity contribution < 1.29 is 13.2 Å². The fourth-order valence-corrected chi connectivity index (χ4v) is 6.14. The number of nitrogens with zero attached hydrogens (tertiary/aromatic N) is 3. The Balaban J connectivity index is 1.44. The highest BCUT2D eigenvalue weighted by atomic mass is 32.2. The Hall–Kier alpha value is -2.48. The van der Waals surface area contributed by atoms with E-state index in [1.54, 1.807) is 23.2 Å². The lowest BCUT2D eigenvalue weighted by Gasteiger charge is -2.26. The van der Waals surface area contributed by atoms with Gasteiger partial charge >= 0.3 is 0 Å². The number of fused-ring (bicyclic) bond motifs is 3. The summed E-state index contributed by atoms with van der Waals surface area (Å²) in [4.78, 5) is 23.5. The lowest BCUT2D eigenvalue weighted by Crippen LogP contribution is -2.35. The highest BCUT2D eigenvalue weighted by Crippen LogP contribution is 2.40. The molecule has 8 heteroatoms. The van der Waals surface area contributed by atoms with Gasteiger partial charge in [-0.3, -0.25) is 4.79 Å². The Bertz CT molecular complexity index is 1020. The SMILES string of the molecule is O=C(c1ccccc1)N1C[C@@H]2c3nc(NCC4CC4)ncc3CS(=O)(=O)[C@@H]2C1. The third-order valence-corrected chi connectivity index (χ3v) is 8.00. The van der Waals surface area contributed by atoms with Crippen LogP contribution >= 0.6 is 0 Å². The molecular weight excluding hydrogens is 376 g/mol. The number of carbonyl (C=O) groups excluding carboxylic acids is 1. The molecule has 0 bridgehead atoms. The van der Waals surface area contributed by atoms with Crippen molar-refractivity contribution in [3.63, 3.8) is 0 Å². The molecule has 1 saturated carbocycles. The summed E-state index contributed by atoms with van der Waals surface area (Å²) < 4.78 is 25.7. The summed E-state index contributed by atoms with van der Waals surface area (Å²) in [5.74, 6) is 0.758. The topological polar surface area (TPSA) is 92.3 Å². The molecule has 3 heterocycles. The van der Waals surface area contributed by atoms with Gasteiger partial charge in [0.05, 0.1) is 16.7 Å². The lowest BCUT2D eigenvalue weighted by atomic mass is 10.00. The summed E-state index contributed by atoms with van der Waals surface area (Å²) >= 11 is 0. The number of aromatic nitrogens is 2. The van der Waals surface area contributed by atoms with Crippen LogP contribution in [0.3, 0.4) is 0 Å². The van der Waals surface area contributed by atoms with Crippen molar-refractivity contribution in [3.05, 3.63) is 53.3 Å². The predicted molar refractivity (Wildman–Crippen MR) is 105 cm³/mol. The molecule has 146 valence electrons. The van der Waals surface area contributed by atoms with Crippen LogP contribution in [0.25, 0.3) is 0 Å². The van der Waals surface area contributed by atoms with E-state index in [1.807, 2.05) is 18.2 Å². The number of rotatable bonds is 4. The van der Waals surface area contributed by atoms with Gasteiger partial charge in [-0.15, -0.1) is 0 Å². The standard InChI is InChI=1S/C20H22N4O3S/c25-19(14-4-2-1-3-5-14)24-10-16-17(11-24)28(26,27)12-15-9-22-20(23-18(15)16)21-8-13-6-7-13/h1-5,9,13,16-17H,6-8,10-12H2,(H,21,22,23)/t16-,17+/m0/s1. The minimum absolute atomic E-state index is 0.0558. The maximum atomic E-state index is 12.9. The van der Waals surface area contributed by atoms with Crippen LogP contribution in [0.4, 0.5) is 5.95 Å². The molecule has 1 aliphatic carbocycles. The molecule has 5 rings (SSSR count). The van der Waals surface area contributed by atoms with Crippen LogP contribution in [0, 0.1) is 5.92 Å². The Kier molecular flexibility index (Phi) is 4.12. The molecule has 0 unspecified atom stereocenters. The lowest BCUT2D eigenvalue weighted by molar-refractivity contribution is 0.0791. The molecule has 2 atom stereocenters. The van der Waals surface area contributed by atoms with Crippen LogP contribution in [0.5, 0.6) is 0 Å². The van der Waals surface area contributed by atoms with Gasteiger partial charge in [0.25, 0.3) is 5.91 Å². The number of sulfone groups is 1. The van der Waals surface area contributed by atoms with Gasteiger partial charge in [-0.25, -0.2) is 18.4 Å². The van der Waals surface area contributed by atoms with Crippen LogP contribution in [-0.2, 0) is 15.6 Å². The average Bonchev–Trinajstić information content (AvgIpc) is 3.41. The number of anilines is 1. The van der Waals surface area contributed by atoms with Gasteiger partial charge in [-0.2, -0.15) is 0 Å². The first-order chi connectivity index (χ1) is 13.5. The zero-order valence-electron chi connectivity index (χ0n) is 15.4. The van der Waals surface area contributed by atoms with Crippen molar-refractivity contribution in [2.45, 2.75) is 29.8 Å². The van der Waals surface area contributed by atoms with Gasteiger partial charge in [0.2, 0.25) is 5.95 Å². The predicted octanol–water partition coefficient (Wildman–Crippen LogP) is 1.84. The molecule has 3 aliphatic rings. The largest absolute Gasteiger partial charge is 0.354 e. The molecule has 1 N–H and O–H groups in total. The molecule has 0 radical (unpaired) electrons. The second-order valence-corrected chi connectivity index (χ2v) is 10.2. The van der Waals surface area contributed by atoms with Crippen LogP contribution in [-0.4, -0.2) is 54.1 Å². The third-order valence-electron chi connectivity index (χ3n) is 5.89.